The van der Waals surface area contributed by atoms with Crippen LogP contribution in [0.4, 0.5) is 4.39 Å². The quantitative estimate of drug-likeness (QED) is 0.892. The Morgan fingerprint density at radius 1 is 1.47 bits per heavy atom. The zero-order valence-corrected chi connectivity index (χ0v) is 10.3. The molecule has 0 aliphatic rings. The first-order valence-electron chi connectivity index (χ1n) is 4.95. The zero-order chi connectivity index (χ0) is 11.3. The highest BCUT2D eigenvalue weighted by molar-refractivity contribution is 9.10. The van der Waals surface area contributed by atoms with Gasteiger partial charge in [0, 0.05) is 23.1 Å². The van der Waals surface area contributed by atoms with Crippen molar-refractivity contribution in [2.75, 3.05) is 19.7 Å². The van der Waals surface area contributed by atoms with Crippen molar-refractivity contribution >= 4 is 15.9 Å². The van der Waals surface area contributed by atoms with Crippen LogP contribution >= 0.6 is 15.9 Å². The zero-order valence-electron chi connectivity index (χ0n) is 8.71. The Balaban J connectivity index is 2.78. The minimum absolute atomic E-state index is 0.0971. The van der Waals surface area contributed by atoms with Gasteiger partial charge >= 0.3 is 0 Å². The van der Waals surface area contributed by atoms with Crippen LogP contribution in [0.15, 0.2) is 22.7 Å². The van der Waals surface area contributed by atoms with Crippen LogP contribution in [-0.4, -0.2) is 29.7 Å². The third kappa shape index (κ3) is 3.55. The fourth-order valence-corrected chi connectivity index (χ4v) is 1.86. The number of aliphatic hydroxyl groups is 1. The second-order valence-corrected chi connectivity index (χ2v) is 4.15. The Hall–Kier alpha value is -0.450. The second kappa shape index (κ2) is 6.20. The molecular formula is C11H15BrFNO. The standard InChI is InChI=1S/C11H15BrFNO/c1-2-14(6-7-15)8-9-10(12)4-3-5-11(9)13/h3-5,15H,2,6-8H2,1H3. The summed E-state index contributed by atoms with van der Waals surface area (Å²) < 4.78 is 14.2. The molecule has 0 heterocycles. The maximum atomic E-state index is 13.5. The summed E-state index contributed by atoms with van der Waals surface area (Å²) in [7, 11) is 0. The summed E-state index contributed by atoms with van der Waals surface area (Å²) in [5, 5.41) is 8.84. The molecule has 84 valence electrons. The molecule has 0 unspecified atom stereocenters. The molecule has 0 saturated carbocycles. The maximum Gasteiger partial charge on any atom is 0.128 e. The summed E-state index contributed by atoms with van der Waals surface area (Å²) in [5.74, 6) is -0.208. The minimum atomic E-state index is -0.208. The second-order valence-electron chi connectivity index (χ2n) is 3.29. The highest BCUT2D eigenvalue weighted by atomic mass is 79.9. The minimum Gasteiger partial charge on any atom is -0.395 e. The number of halogens is 2. The Bertz CT molecular complexity index is 299. The van der Waals surface area contributed by atoms with Crippen molar-refractivity contribution in [1.82, 2.24) is 4.90 Å². The predicted octanol–water partition coefficient (Wildman–Crippen LogP) is 2.40. The van der Waals surface area contributed by atoms with Crippen molar-refractivity contribution < 1.29 is 9.50 Å². The number of hydrogen-bond acceptors (Lipinski definition) is 2. The van der Waals surface area contributed by atoms with Gasteiger partial charge in [0.05, 0.1) is 6.61 Å². The first-order chi connectivity index (χ1) is 7.19. The number of benzene rings is 1. The van der Waals surface area contributed by atoms with E-state index in [1.54, 1.807) is 6.07 Å². The molecule has 1 aromatic carbocycles. The van der Waals surface area contributed by atoms with E-state index in [4.69, 9.17) is 5.11 Å². The van der Waals surface area contributed by atoms with Crippen molar-refractivity contribution in [2.24, 2.45) is 0 Å². The molecule has 1 N–H and O–H groups in total. The van der Waals surface area contributed by atoms with Gasteiger partial charge in [-0.2, -0.15) is 0 Å². The van der Waals surface area contributed by atoms with Crippen LogP contribution in [0, 0.1) is 5.82 Å². The summed E-state index contributed by atoms with van der Waals surface area (Å²) in [6.07, 6.45) is 0. The van der Waals surface area contributed by atoms with E-state index in [9.17, 15) is 4.39 Å². The van der Waals surface area contributed by atoms with Gasteiger partial charge in [0.1, 0.15) is 5.82 Å². The predicted molar refractivity (Wildman–Crippen MR) is 62.1 cm³/mol. The smallest absolute Gasteiger partial charge is 0.128 e. The third-order valence-electron chi connectivity index (χ3n) is 2.31. The van der Waals surface area contributed by atoms with Gasteiger partial charge in [0.15, 0.2) is 0 Å². The van der Waals surface area contributed by atoms with Gasteiger partial charge in [-0.05, 0) is 18.7 Å². The monoisotopic (exact) mass is 275 g/mol. The molecule has 0 fully saturated rings. The number of aliphatic hydroxyl groups excluding tert-OH is 1. The Morgan fingerprint density at radius 2 is 2.20 bits per heavy atom. The molecule has 0 spiro atoms. The number of likely N-dealkylation sites (N-methyl/N-ethyl adjacent to an activating group) is 1. The summed E-state index contributed by atoms with van der Waals surface area (Å²) in [4.78, 5) is 1.99. The van der Waals surface area contributed by atoms with Gasteiger partial charge in [0.2, 0.25) is 0 Å². The van der Waals surface area contributed by atoms with E-state index in [-0.39, 0.29) is 12.4 Å². The topological polar surface area (TPSA) is 23.5 Å². The molecule has 0 aromatic heterocycles. The molecule has 0 bridgehead atoms. The molecule has 0 saturated heterocycles. The summed E-state index contributed by atoms with van der Waals surface area (Å²) in [6, 6.07) is 4.95. The Labute approximate surface area is 97.8 Å². The van der Waals surface area contributed by atoms with Crippen LogP contribution in [0.5, 0.6) is 0 Å². The van der Waals surface area contributed by atoms with Gasteiger partial charge in [0.25, 0.3) is 0 Å². The highest BCUT2D eigenvalue weighted by Crippen LogP contribution is 2.21. The van der Waals surface area contributed by atoms with Crippen LogP contribution in [0.25, 0.3) is 0 Å². The summed E-state index contributed by atoms with van der Waals surface area (Å²) >= 11 is 3.33. The average molecular weight is 276 g/mol. The number of nitrogens with zero attached hydrogens (tertiary/aromatic N) is 1. The van der Waals surface area contributed by atoms with Crippen LogP contribution in [0.1, 0.15) is 12.5 Å². The summed E-state index contributed by atoms with van der Waals surface area (Å²) in [5.41, 5.74) is 0.646. The van der Waals surface area contributed by atoms with Gasteiger partial charge < -0.3 is 5.11 Å². The summed E-state index contributed by atoms with van der Waals surface area (Å²) in [6.45, 7) is 3.97. The first-order valence-corrected chi connectivity index (χ1v) is 5.74. The highest BCUT2D eigenvalue weighted by Gasteiger charge is 2.10. The fourth-order valence-electron chi connectivity index (χ4n) is 1.40. The van der Waals surface area contributed by atoms with E-state index in [2.05, 4.69) is 15.9 Å². The van der Waals surface area contributed by atoms with E-state index in [0.717, 1.165) is 11.0 Å². The number of hydrogen-bond donors (Lipinski definition) is 1. The van der Waals surface area contributed by atoms with Crippen LogP contribution in [0.2, 0.25) is 0 Å². The lowest BCUT2D eigenvalue weighted by molar-refractivity contribution is 0.195. The molecule has 15 heavy (non-hydrogen) atoms. The molecule has 4 heteroatoms. The Morgan fingerprint density at radius 3 is 2.73 bits per heavy atom. The van der Waals surface area contributed by atoms with E-state index < -0.39 is 0 Å². The normalized spacial score (nSPS) is 11.0. The average Bonchev–Trinajstić information content (AvgIpc) is 2.22. The maximum absolute atomic E-state index is 13.5. The molecular weight excluding hydrogens is 261 g/mol. The fraction of sp³-hybridized carbons (Fsp3) is 0.455. The SMILES string of the molecule is CCN(CCO)Cc1c(F)cccc1Br. The molecule has 1 aromatic rings. The van der Waals surface area contributed by atoms with Gasteiger partial charge in [-0.1, -0.05) is 28.9 Å². The van der Waals surface area contributed by atoms with Gasteiger partial charge in [-0.15, -0.1) is 0 Å². The molecule has 0 atom stereocenters. The number of rotatable bonds is 5. The third-order valence-corrected chi connectivity index (χ3v) is 3.05. The van der Waals surface area contributed by atoms with Gasteiger partial charge in [-0.25, -0.2) is 4.39 Å². The lowest BCUT2D eigenvalue weighted by Gasteiger charge is -2.20. The van der Waals surface area contributed by atoms with E-state index in [1.165, 1.54) is 6.07 Å². The molecule has 2 nitrogen and oxygen atoms in total. The van der Waals surface area contributed by atoms with E-state index in [0.29, 0.717) is 18.7 Å². The molecule has 0 aliphatic heterocycles. The molecule has 0 aliphatic carbocycles. The van der Waals surface area contributed by atoms with E-state index in [1.807, 2.05) is 17.9 Å². The van der Waals surface area contributed by atoms with Crippen molar-refractivity contribution in [1.29, 1.82) is 0 Å². The van der Waals surface area contributed by atoms with Crippen LogP contribution in [-0.2, 0) is 6.54 Å². The van der Waals surface area contributed by atoms with Crippen molar-refractivity contribution in [3.63, 3.8) is 0 Å². The van der Waals surface area contributed by atoms with Gasteiger partial charge in [-0.3, -0.25) is 4.90 Å². The molecule has 0 radical (unpaired) electrons. The Kier molecular flexibility index (Phi) is 5.22. The van der Waals surface area contributed by atoms with Crippen molar-refractivity contribution in [3.05, 3.63) is 34.1 Å². The largest absolute Gasteiger partial charge is 0.395 e. The van der Waals surface area contributed by atoms with Crippen LogP contribution < -0.4 is 0 Å². The molecule has 1 rings (SSSR count). The first kappa shape index (κ1) is 12.6. The lowest BCUT2D eigenvalue weighted by atomic mass is 10.2. The van der Waals surface area contributed by atoms with E-state index >= 15 is 0 Å². The van der Waals surface area contributed by atoms with Crippen molar-refractivity contribution in [3.8, 4) is 0 Å². The van der Waals surface area contributed by atoms with Crippen molar-refractivity contribution in [2.45, 2.75) is 13.5 Å². The molecule has 0 amide bonds. The lowest BCUT2D eigenvalue weighted by Crippen LogP contribution is -2.26. The van der Waals surface area contributed by atoms with Crippen LogP contribution in [0.3, 0.4) is 0 Å².